The van der Waals surface area contributed by atoms with Gasteiger partial charge in [-0.05, 0) is 44.2 Å². The van der Waals surface area contributed by atoms with Gasteiger partial charge in [0.15, 0.2) is 17.2 Å². The van der Waals surface area contributed by atoms with Crippen LogP contribution in [0.15, 0.2) is 41.3 Å². The van der Waals surface area contributed by atoms with Crippen LogP contribution in [-0.2, 0) is 10.1 Å². The van der Waals surface area contributed by atoms with Crippen molar-refractivity contribution in [2.45, 2.75) is 18.7 Å². The van der Waals surface area contributed by atoms with E-state index < -0.39 is 15.9 Å². The average molecular weight is 375 g/mol. The highest BCUT2D eigenvalue weighted by Crippen LogP contribution is 2.33. The minimum atomic E-state index is -4.16. The number of benzene rings is 2. The normalized spacial score (nSPS) is 11.2. The van der Waals surface area contributed by atoms with Crippen LogP contribution in [0.1, 0.15) is 13.8 Å². The molecule has 0 aromatic heterocycles. The van der Waals surface area contributed by atoms with Crippen molar-refractivity contribution in [2.24, 2.45) is 0 Å². The third kappa shape index (κ3) is 4.30. The molecule has 2 aromatic rings. The number of ether oxygens (including phenoxy) is 2. The lowest BCUT2D eigenvalue weighted by atomic mass is 10.3. The smallest absolute Gasteiger partial charge is 0.339 e. The molecular formula is C16H16ClFO5S. The maximum atomic E-state index is 13.0. The molecule has 0 unspecified atom stereocenters. The average Bonchev–Trinajstić information content (AvgIpc) is 2.52. The molecule has 0 amide bonds. The molecule has 0 radical (unpaired) electrons. The summed E-state index contributed by atoms with van der Waals surface area (Å²) in [6.07, 6.45) is 0. The van der Waals surface area contributed by atoms with Gasteiger partial charge in [0.1, 0.15) is 10.7 Å². The van der Waals surface area contributed by atoms with Crippen LogP contribution < -0.4 is 13.7 Å². The highest BCUT2D eigenvalue weighted by atomic mass is 35.5. The first kappa shape index (κ1) is 18.4. The van der Waals surface area contributed by atoms with Gasteiger partial charge in [0, 0.05) is 6.07 Å². The molecule has 0 spiro atoms. The summed E-state index contributed by atoms with van der Waals surface area (Å²) in [7, 11) is -4.16. The predicted molar refractivity (Wildman–Crippen MR) is 88.0 cm³/mol. The minimum Gasteiger partial charge on any atom is -0.490 e. The molecule has 2 aromatic carbocycles. The van der Waals surface area contributed by atoms with Crippen LogP contribution in [0.4, 0.5) is 4.39 Å². The molecule has 130 valence electrons. The zero-order chi connectivity index (χ0) is 17.7. The summed E-state index contributed by atoms with van der Waals surface area (Å²) in [5, 5.41) is -0.144. The summed E-state index contributed by atoms with van der Waals surface area (Å²) < 4.78 is 53.6. The molecule has 5 nitrogen and oxygen atoms in total. The molecule has 0 saturated carbocycles. The Bertz CT molecular complexity index is 823. The first-order valence-corrected chi connectivity index (χ1v) is 8.95. The molecule has 0 fully saturated rings. The summed E-state index contributed by atoms with van der Waals surface area (Å²) in [5.74, 6) is -0.0401. The zero-order valence-corrected chi connectivity index (χ0v) is 14.7. The maximum Gasteiger partial charge on any atom is 0.339 e. The summed E-state index contributed by atoms with van der Waals surface area (Å²) in [5.41, 5.74) is 0. The van der Waals surface area contributed by atoms with E-state index in [4.69, 9.17) is 25.3 Å². The third-order valence-corrected chi connectivity index (χ3v) is 4.42. The van der Waals surface area contributed by atoms with Crippen molar-refractivity contribution >= 4 is 21.7 Å². The fraction of sp³-hybridized carbons (Fsp3) is 0.250. The van der Waals surface area contributed by atoms with Gasteiger partial charge in [0.25, 0.3) is 0 Å². The Morgan fingerprint density at radius 2 is 1.58 bits per heavy atom. The van der Waals surface area contributed by atoms with E-state index >= 15 is 0 Å². The van der Waals surface area contributed by atoms with Gasteiger partial charge >= 0.3 is 10.1 Å². The summed E-state index contributed by atoms with van der Waals surface area (Å²) in [6.45, 7) is 4.33. The van der Waals surface area contributed by atoms with Gasteiger partial charge in [-0.25, -0.2) is 4.39 Å². The fourth-order valence-corrected chi connectivity index (χ4v) is 3.11. The Morgan fingerprint density at radius 3 is 2.21 bits per heavy atom. The van der Waals surface area contributed by atoms with E-state index in [0.717, 1.165) is 18.2 Å². The second-order valence-corrected chi connectivity index (χ2v) is 6.54. The number of hydrogen-bond donors (Lipinski definition) is 0. The Balaban J connectivity index is 2.36. The minimum absolute atomic E-state index is 0.130. The highest BCUT2D eigenvalue weighted by molar-refractivity contribution is 7.87. The first-order chi connectivity index (χ1) is 11.4. The summed E-state index contributed by atoms with van der Waals surface area (Å²) >= 11 is 5.80. The predicted octanol–water partition coefficient (Wildman–Crippen LogP) is 4.04. The number of hydrogen-bond acceptors (Lipinski definition) is 5. The molecule has 0 atom stereocenters. The van der Waals surface area contributed by atoms with Crippen LogP contribution >= 0.6 is 11.6 Å². The molecule has 0 bridgehead atoms. The molecule has 0 aliphatic carbocycles. The van der Waals surface area contributed by atoms with Gasteiger partial charge in [0.05, 0.1) is 18.2 Å². The lowest BCUT2D eigenvalue weighted by Crippen LogP contribution is -2.11. The molecule has 0 aliphatic heterocycles. The summed E-state index contributed by atoms with van der Waals surface area (Å²) in [4.78, 5) is -0.130. The highest BCUT2D eigenvalue weighted by Gasteiger charge is 2.21. The van der Waals surface area contributed by atoms with Crippen molar-refractivity contribution in [3.05, 3.63) is 47.2 Å². The van der Waals surface area contributed by atoms with Crippen molar-refractivity contribution in [3.8, 4) is 17.2 Å². The first-order valence-electron chi connectivity index (χ1n) is 7.16. The number of rotatable bonds is 7. The lowest BCUT2D eigenvalue weighted by Gasteiger charge is -2.13. The molecule has 0 N–H and O–H groups in total. The molecule has 2 rings (SSSR count). The van der Waals surface area contributed by atoms with Crippen LogP contribution in [0, 0.1) is 5.82 Å². The second-order valence-electron chi connectivity index (χ2n) is 4.59. The molecule has 0 saturated heterocycles. The van der Waals surface area contributed by atoms with Crippen molar-refractivity contribution in [2.75, 3.05) is 13.2 Å². The molecule has 24 heavy (non-hydrogen) atoms. The maximum absolute atomic E-state index is 13.0. The van der Waals surface area contributed by atoms with Gasteiger partial charge in [-0.2, -0.15) is 8.42 Å². The van der Waals surface area contributed by atoms with E-state index in [0.29, 0.717) is 19.0 Å². The van der Waals surface area contributed by atoms with E-state index in [9.17, 15) is 12.8 Å². The van der Waals surface area contributed by atoms with Crippen LogP contribution in [0.2, 0.25) is 5.02 Å². The van der Waals surface area contributed by atoms with Crippen LogP contribution in [0.3, 0.4) is 0 Å². The third-order valence-electron chi connectivity index (χ3n) is 2.90. The van der Waals surface area contributed by atoms with Crippen LogP contribution in [0.5, 0.6) is 17.2 Å². The van der Waals surface area contributed by atoms with Gasteiger partial charge < -0.3 is 13.7 Å². The molecule has 0 heterocycles. The standard InChI is InChI=1S/C16H16ClFO5S/c1-3-21-15-8-6-12(10-16(15)22-4-2)24(19,20)23-14-7-5-11(18)9-13(14)17/h5-10H,3-4H2,1-2H3. The van der Waals surface area contributed by atoms with E-state index in [1.54, 1.807) is 13.8 Å². The topological polar surface area (TPSA) is 61.8 Å². The largest absolute Gasteiger partial charge is 0.490 e. The van der Waals surface area contributed by atoms with Crippen molar-refractivity contribution in [3.63, 3.8) is 0 Å². The molecule has 8 heteroatoms. The van der Waals surface area contributed by atoms with Gasteiger partial charge in [-0.1, -0.05) is 11.6 Å². The van der Waals surface area contributed by atoms with Crippen LogP contribution in [0.25, 0.3) is 0 Å². The van der Waals surface area contributed by atoms with E-state index in [1.165, 1.54) is 18.2 Å². The Labute approximate surface area is 145 Å². The fourth-order valence-electron chi connectivity index (χ4n) is 1.90. The van der Waals surface area contributed by atoms with Gasteiger partial charge in [-0.3, -0.25) is 0 Å². The molecular weight excluding hydrogens is 359 g/mol. The van der Waals surface area contributed by atoms with Gasteiger partial charge in [-0.15, -0.1) is 0 Å². The van der Waals surface area contributed by atoms with E-state index in [1.807, 2.05) is 0 Å². The Hall–Kier alpha value is -1.99. The monoisotopic (exact) mass is 374 g/mol. The van der Waals surface area contributed by atoms with E-state index in [-0.39, 0.29) is 21.4 Å². The van der Waals surface area contributed by atoms with Crippen LogP contribution in [-0.4, -0.2) is 21.6 Å². The zero-order valence-electron chi connectivity index (χ0n) is 13.1. The Morgan fingerprint density at radius 1 is 0.958 bits per heavy atom. The number of halogens is 2. The Kier molecular flexibility index (Phi) is 5.90. The van der Waals surface area contributed by atoms with E-state index in [2.05, 4.69) is 0 Å². The van der Waals surface area contributed by atoms with Gasteiger partial charge in [0.2, 0.25) is 0 Å². The van der Waals surface area contributed by atoms with Crippen molar-refractivity contribution in [1.82, 2.24) is 0 Å². The lowest BCUT2D eigenvalue weighted by molar-refractivity contribution is 0.287. The second kappa shape index (κ2) is 7.72. The summed E-state index contributed by atoms with van der Waals surface area (Å²) in [6, 6.07) is 7.29. The SMILES string of the molecule is CCOc1ccc(S(=O)(=O)Oc2ccc(F)cc2Cl)cc1OCC. The van der Waals surface area contributed by atoms with Crippen molar-refractivity contribution in [1.29, 1.82) is 0 Å². The molecule has 0 aliphatic rings. The van der Waals surface area contributed by atoms with Crippen molar-refractivity contribution < 1.29 is 26.5 Å². The quantitative estimate of drug-likeness (QED) is 0.684.